The van der Waals surface area contributed by atoms with E-state index in [0.29, 0.717) is 12.0 Å². The minimum absolute atomic E-state index is 0.220. The van der Waals surface area contributed by atoms with Crippen LogP contribution in [0.1, 0.15) is 20.8 Å². The van der Waals surface area contributed by atoms with Crippen molar-refractivity contribution in [3.8, 4) is 0 Å². The Morgan fingerprint density at radius 1 is 1.29 bits per heavy atom. The van der Waals surface area contributed by atoms with Crippen molar-refractivity contribution in [1.29, 1.82) is 0 Å². The van der Waals surface area contributed by atoms with E-state index < -0.39 is 0 Å². The largest absolute Gasteiger partial charge is 0.375 e. The van der Waals surface area contributed by atoms with E-state index in [4.69, 9.17) is 9.72 Å². The molecule has 1 N–H and O–H groups in total. The Labute approximate surface area is 125 Å². The average Bonchev–Trinajstić information content (AvgIpc) is 2.49. The normalized spacial score (nSPS) is 22.5. The zero-order chi connectivity index (χ0) is 14.8. The second-order valence-corrected chi connectivity index (χ2v) is 5.56. The van der Waals surface area contributed by atoms with Crippen LogP contribution in [0.5, 0.6) is 0 Å². The predicted molar refractivity (Wildman–Crippen MR) is 85.9 cm³/mol. The highest BCUT2D eigenvalue weighted by atomic mass is 16.5. The topological polar surface area (TPSA) is 50.3 Å². The first-order valence-corrected chi connectivity index (χ1v) is 7.58. The molecule has 2 heterocycles. The van der Waals surface area contributed by atoms with Gasteiger partial charge in [-0.2, -0.15) is 4.98 Å². The molecule has 2 atom stereocenters. The maximum atomic E-state index is 5.73. The third-order valence-corrected chi connectivity index (χ3v) is 3.80. The van der Waals surface area contributed by atoms with E-state index in [1.807, 2.05) is 18.2 Å². The number of aromatic nitrogens is 2. The molecular formula is C16H22N4O. The molecule has 112 valence electrons. The number of rotatable bonds is 3. The van der Waals surface area contributed by atoms with E-state index >= 15 is 0 Å². The van der Waals surface area contributed by atoms with Crippen LogP contribution in [-0.2, 0) is 4.74 Å². The van der Waals surface area contributed by atoms with E-state index in [2.05, 4.69) is 42.0 Å². The lowest BCUT2D eigenvalue weighted by Gasteiger charge is -2.38. The lowest BCUT2D eigenvalue weighted by atomic mass is 10.1. The van der Waals surface area contributed by atoms with Crippen molar-refractivity contribution < 1.29 is 4.74 Å². The van der Waals surface area contributed by atoms with Gasteiger partial charge in [-0.25, -0.2) is 4.98 Å². The second-order valence-electron chi connectivity index (χ2n) is 5.56. The standard InChI is InChI=1S/C16H22N4O/c1-4-17-16-18-14-8-6-5-7-13(14)15(19-16)20-9-12(3)21-10-11(20)2/h5-8,11-12H,4,9-10H2,1-3H3,(H,17,18,19). The van der Waals surface area contributed by atoms with Crippen molar-refractivity contribution in [3.63, 3.8) is 0 Å². The zero-order valence-corrected chi connectivity index (χ0v) is 12.8. The van der Waals surface area contributed by atoms with Crippen LogP contribution in [-0.4, -0.2) is 41.8 Å². The number of nitrogens with one attached hydrogen (secondary N) is 1. The summed E-state index contributed by atoms with van der Waals surface area (Å²) >= 11 is 0. The van der Waals surface area contributed by atoms with Crippen LogP contribution < -0.4 is 10.2 Å². The summed E-state index contributed by atoms with van der Waals surface area (Å²) < 4.78 is 5.73. The van der Waals surface area contributed by atoms with Crippen molar-refractivity contribution in [3.05, 3.63) is 24.3 Å². The van der Waals surface area contributed by atoms with Crippen molar-refractivity contribution in [2.45, 2.75) is 32.9 Å². The number of nitrogens with zero attached hydrogens (tertiary/aromatic N) is 3. The molecule has 0 saturated carbocycles. The van der Waals surface area contributed by atoms with Gasteiger partial charge < -0.3 is 15.0 Å². The van der Waals surface area contributed by atoms with E-state index in [9.17, 15) is 0 Å². The van der Waals surface area contributed by atoms with Gasteiger partial charge in [0.25, 0.3) is 0 Å². The molecule has 2 unspecified atom stereocenters. The molecule has 5 nitrogen and oxygen atoms in total. The summed E-state index contributed by atoms with van der Waals surface area (Å²) in [5.41, 5.74) is 0.977. The Balaban J connectivity index is 2.10. The number of morpholine rings is 1. The lowest BCUT2D eigenvalue weighted by Crippen LogP contribution is -2.48. The second kappa shape index (κ2) is 5.85. The van der Waals surface area contributed by atoms with Gasteiger partial charge in [-0.3, -0.25) is 0 Å². The molecule has 0 bridgehead atoms. The molecule has 1 saturated heterocycles. The summed E-state index contributed by atoms with van der Waals surface area (Å²) in [6, 6.07) is 8.49. The molecule has 2 aromatic rings. The van der Waals surface area contributed by atoms with E-state index in [0.717, 1.165) is 36.4 Å². The number of hydrogen-bond donors (Lipinski definition) is 1. The third-order valence-electron chi connectivity index (χ3n) is 3.80. The molecule has 5 heteroatoms. The Morgan fingerprint density at radius 3 is 2.90 bits per heavy atom. The zero-order valence-electron chi connectivity index (χ0n) is 12.8. The Morgan fingerprint density at radius 2 is 2.10 bits per heavy atom. The summed E-state index contributed by atoms with van der Waals surface area (Å²) in [5, 5.41) is 4.32. The molecule has 0 amide bonds. The molecule has 1 aromatic heterocycles. The van der Waals surface area contributed by atoms with Crippen LogP contribution >= 0.6 is 0 Å². The smallest absolute Gasteiger partial charge is 0.225 e. The first-order valence-electron chi connectivity index (χ1n) is 7.58. The van der Waals surface area contributed by atoms with Crippen molar-refractivity contribution in [1.82, 2.24) is 9.97 Å². The van der Waals surface area contributed by atoms with Crippen molar-refractivity contribution in [2.75, 3.05) is 29.9 Å². The molecule has 21 heavy (non-hydrogen) atoms. The highest BCUT2D eigenvalue weighted by molar-refractivity contribution is 5.90. The number of para-hydroxylation sites is 1. The van der Waals surface area contributed by atoms with Crippen LogP contribution in [0.4, 0.5) is 11.8 Å². The van der Waals surface area contributed by atoms with E-state index in [1.165, 1.54) is 0 Å². The molecule has 1 aliphatic heterocycles. The predicted octanol–water partition coefficient (Wildman–Crippen LogP) is 2.68. The lowest BCUT2D eigenvalue weighted by molar-refractivity contribution is 0.0342. The number of fused-ring (bicyclic) bond motifs is 1. The maximum Gasteiger partial charge on any atom is 0.225 e. The quantitative estimate of drug-likeness (QED) is 0.940. The highest BCUT2D eigenvalue weighted by Gasteiger charge is 2.26. The van der Waals surface area contributed by atoms with Gasteiger partial charge in [-0.15, -0.1) is 0 Å². The van der Waals surface area contributed by atoms with Crippen LogP contribution in [0.2, 0.25) is 0 Å². The van der Waals surface area contributed by atoms with Gasteiger partial charge in [0, 0.05) is 18.5 Å². The Bertz CT molecular complexity index is 631. The fourth-order valence-corrected chi connectivity index (χ4v) is 2.71. The van der Waals surface area contributed by atoms with Gasteiger partial charge in [0.15, 0.2) is 0 Å². The van der Waals surface area contributed by atoms with Gasteiger partial charge >= 0.3 is 0 Å². The summed E-state index contributed by atoms with van der Waals surface area (Å²) in [6.07, 6.45) is 0.220. The fourth-order valence-electron chi connectivity index (χ4n) is 2.71. The minimum atomic E-state index is 0.220. The Kier molecular flexibility index (Phi) is 3.92. The van der Waals surface area contributed by atoms with Gasteiger partial charge in [-0.1, -0.05) is 12.1 Å². The maximum absolute atomic E-state index is 5.73. The number of ether oxygens (including phenoxy) is 1. The Hall–Kier alpha value is -1.88. The fraction of sp³-hybridized carbons (Fsp3) is 0.500. The van der Waals surface area contributed by atoms with Gasteiger partial charge in [0.2, 0.25) is 5.95 Å². The summed E-state index contributed by atoms with van der Waals surface area (Å²) in [6.45, 7) is 8.73. The SMILES string of the molecule is CCNc1nc(N2CC(C)OCC2C)c2ccccc2n1. The molecule has 1 aromatic carbocycles. The molecule has 0 radical (unpaired) electrons. The highest BCUT2D eigenvalue weighted by Crippen LogP contribution is 2.28. The molecule has 1 fully saturated rings. The molecule has 0 aliphatic carbocycles. The van der Waals surface area contributed by atoms with Crippen LogP contribution in [0.15, 0.2) is 24.3 Å². The summed E-state index contributed by atoms with van der Waals surface area (Å²) in [7, 11) is 0. The van der Waals surface area contributed by atoms with Crippen LogP contribution in [0.3, 0.4) is 0 Å². The third kappa shape index (κ3) is 2.78. The number of hydrogen-bond acceptors (Lipinski definition) is 5. The van der Waals surface area contributed by atoms with Crippen molar-refractivity contribution in [2.24, 2.45) is 0 Å². The summed E-state index contributed by atoms with van der Waals surface area (Å²) in [4.78, 5) is 11.7. The molecular weight excluding hydrogens is 264 g/mol. The van der Waals surface area contributed by atoms with E-state index in [1.54, 1.807) is 0 Å². The first-order chi connectivity index (χ1) is 10.2. The number of anilines is 2. The van der Waals surface area contributed by atoms with Crippen molar-refractivity contribution >= 4 is 22.7 Å². The van der Waals surface area contributed by atoms with Gasteiger partial charge in [-0.05, 0) is 32.9 Å². The summed E-state index contributed by atoms with van der Waals surface area (Å²) in [5.74, 6) is 1.69. The van der Waals surface area contributed by atoms with Gasteiger partial charge in [0.05, 0.1) is 24.3 Å². The monoisotopic (exact) mass is 286 g/mol. The average molecular weight is 286 g/mol. The minimum Gasteiger partial charge on any atom is -0.375 e. The molecule has 1 aliphatic rings. The van der Waals surface area contributed by atoms with E-state index in [-0.39, 0.29) is 6.10 Å². The first kappa shape index (κ1) is 14.1. The van der Waals surface area contributed by atoms with Gasteiger partial charge in [0.1, 0.15) is 5.82 Å². The molecule has 0 spiro atoms. The van der Waals surface area contributed by atoms with Crippen LogP contribution in [0.25, 0.3) is 10.9 Å². The van der Waals surface area contributed by atoms with Crippen LogP contribution in [0, 0.1) is 0 Å². The molecule has 3 rings (SSSR count). The number of benzene rings is 1.